The summed E-state index contributed by atoms with van der Waals surface area (Å²) in [6.07, 6.45) is 2.60. The molecule has 0 spiro atoms. The van der Waals surface area contributed by atoms with Crippen molar-refractivity contribution in [1.82, 2.24) is 14.9 Å². The van der Waals surface area contributed by atoms with Crippen LogP contribution in [-0.4, -0.2) is 36.4 Å². The van der Waals surface area contributed by atoms with E-state index in [1.807, 2.05) is 11.4 Å². The van der Waals surface area contributed by atoms with E-state index in [2.05, 4.69) is 10.3 Å². The van der Waals surface area contributed by atoms with Gasteiger partial charge in [-0.25, -0.2) is 4.98 Å². The molecule has 0 aliphatic rings. The molecule has 0 amide bonds. The maximum Gasteiger partial charge on any atom is 0.262 e. The van der Waals surface area contributed by atoms with Crippen LogP contribution >= 0.6 is 11.3 Å². The van der Waals surface area contributed by atoms with Crippen LogP contribution in [0.2, 0.25) is 0 Å². The number of thiophene rings is 1. The van der Waals surface area contributed by atoms with E-state index in [1.54, 1.807) is 18.0 Å². The predicted molar refractivity (Wildman–Crippen MR) is 73.2 cm³/mol. The van der Waals surface area contributed by atoms with E-state index >= 15 is 0 Å². The van der Waals surface area contributed by atoms with Crippen LogP contribution in [0.25, 0.3) is 10.2 Å². The Kier molecular flexibility index (Phi) is 4.86. The van der Waals surface area contributed by atoms with Gasteiger partial charge in [0.1, 0.15) is 4.83 Å². The fraction of sp³-hybridized carbons (Fsp3) is 0.500. The number of nitrogens with one attached hydrogen (secondary N) is 1. The molecule has 2 heterocycles. The fourth-order valence-corrected chi connectivity index (χ4v) is 2.44. The van der Waals surface area contributed by atoms with E-state index < -0.39 is 0 Å². The lowest BCUT2D eigenvalue weighted by Gasteiger charge is -2.06. The van der Waals surface area contributed by atoms with Gasteiger partial charge in [-0.3, -0.25) is 9.36 Å². The first-order valence-electron chi connectivity index (χ1n) is 5.95. The number of hydrogen-bond acceptors (Lipinski definition) is 5. The summed E-state index contributed by atoms with van der Waals surface area (Å²) in [6, 6.07) is 1.83. The highest BCUT2D eigenvalue weighted by Gasteiger charge is 2.04. The highest BCUT2D eigenvalue weighted by atomic mass is 32.1. The first-order chi connectivity index (χ1) is 8.83. The number of methoxy groups -OCH3 is 1. The van der Waals surface area contributed by atoms with E-state index in [1.165, 1.54) is 11.3 Å². The molecule has 2 aromatic rings. The Morgan fingerprint density at radius 3 is 3.22 bits per heavy atom. The summed E-state index contributed by atoms with van der Waals surface area (Å²) in [5, 5.41) is 5.88. The Morgan fingerprint density at radius 2 is 2.39 bits per heavy atom. The molecule has 98 valence electrons. The highest BCUT2D eigenvalue weighted by Crippen LogP contribution is 2.12. The zero-order valence-electron chi connectivity index (χ0n) is 10.4. The highest BCUT2D eigenvalue weighted by molar-refractivity contribution is 7.16. The zero-order valence-corrected chi connectivity index (χ0v) is 11.2. The fourth-order valence-electron chi connectivity index (χ4n) is 1.72. The van der Waals surface area contributed by atoms with Gasteiger partial charge in [0.2, 0.25) is 0 Å². The molecule has 0 aromatic carbocycles. The van der Waals surface area contributed by atoms with Crippen LogP contribution in [0.15, 0.2) is 22.6 Å². The van der Waals surface area contributed by atoms with Crippen LogP contribution in [0.1, 0.15) is 6.42 Å². The molecule has 0 bridgehead atoms. The van der Waals surface area contributed by atoms with Crippen molar-refractivity contribution < 1.29 is 4.74 Å². The first kappa shape index (κ1) is 13.2. The van der Waals surface area contributed by atoms with E-state index in [4.69, 9.17) is 4.74 Å². The summed E-state index contributed by atoms with van der Waals surface area (Å²) >= 11 is 1.49. The second-order valence-corrected chi connectivity index (χ2v) is 4.87. The smallest absolute Gasteiger partial charge is 0.262 e. The lowest BCUT2D eigenvalue weighted by molar-refractivity contribution is 0.194. The van der Waals surface area contributed by atoms with Crippen molar-refractivity contribution in [2.75, 3.05) is 26.8 Å². The van der Waals surface area contributed by atoms with Crippen LogP contribution in [-0.2, 0) is 11.3 Å². The second kappa shape index (κ2) is 6.63. The average molecular weight is 267 g/mol. The molecule has 1 N–H and O–H groups in total. The van der Waals surface area contributed by atoms with Crippen molar-refractivity contribution in [3.05, 3.63) is 28.1 Å². The van der Waals surface area contributed by atoms with Crippen molar-refractivity contribution >= 4 is 21.6 Å². The van der Waals surface area contributed by atoms with Crippen LogP contribution in [0.5, 0.6) is 0 Å². The number of aromatic nitrogens is 2. The normalized spacial score (nSPS) is 11.2. The Balaban J connectivity index is 1.88. The molecule has 0 unspecified atom stereocenters. The molecule has 18 heavy (non-hydrogen) atoms. The van der Waals surface area contributed by atoms with Gasteiger partial charge in [-0.05, 0) is 24.4 Å². The standard InChI is InChI=1S/C12H17N3O2S/c1-17-7-2-4-13-5-6-15-9-14-11-10(12(15)16)3-8-18-11/h3,8-9,13H,2,4-7H2,1H3. The SMILES string of the molecule is COCCCNCCn1cnc2sccc2c1=O. The summed E-state index contributed by atoms with van der Waals surface area (Å²) in [5.74, 6) is 0. The monoisotopic (exact) mass is 267 g/mol. The third kappa shape index (κ3) is 3.16. The summed E-state index contributed by atoms with van der Waals surface area (Å²) in [6.45, 7) is 3.07. The quantitative estimate of drug-likeness (QED) is 0.763. The van der Waals surface area contributed by atoms with E-state index in [9.17, 15) is 4.79 Å². The minimum absolute atomic E-state index is 0.0416. The number of nitrogens with zero attached hydrogens (tertiary/aromatic N) is 2. The first-order valence-corrected chi connectivity index (χ1v) is 6.83. The Morgan fingerprint density at radius 1 is 1.50 bits per heavy atom. The molecule has 0 saturated heterocycles. The van der Waals surface area contributed by atoms with Gasteiger partial charge in [0.15, 0.2) is 0 Å². The molecule has 2 rings (SSSR count). The van der Waals surface area contributed by atoms with Crippen molar-refractivity contribution in [3.8, 4) is 0 Å². The van der Waals surface area contributed by atoms with Crippen LogP contribution < -0.4 is 10.9 Å². The van der Waals surface area contributed by atoms with Crippen LogP contribution in [0.3, 0.4) is 0 Å². The van der Waals surface area contributed by atoms with Gasteiger partial charge in [0, 0.05) is 26.8 Å². The maximum atomic E-state index is 12.0. The third-order valence-electron chi connectivity index (χ3n) is 2.68. The average Bonchev–Trinajstić information content (AvgIpc) is 2.85. The van der Waals surface area contributed by atoms with Gasteiger partial charge >= 0.3 is 0 Å². The van der Waals surface area contributed by atoms with Crippen molar-refractivity contribution in [2.45, 2.75) is 13.0 Å². The number of rotatable bonds is 7. The van der Waals surface area contributed by atoms with Gasteiger partial charge in [0.25, 0.3) is 5.56 Å². The van der Waals surface area contributed by atoms with Gasteiger partial charge in [0.05, 0.1) is 11.7 Å². The number of ether oxygens (including phenoxy) is 1. The van der Waals surface area contributed by atoms with E-state index in [0.717, 1.165) is 30.9 Å². The van der Waals surface area contributed by atoms with E-state index in [-0.39, 0.29) is 5.56 Å². The lowest BCUT2D eigenvalue weighted by Crippen LogP contribution is -2.27. The van der Waals surface area contributed by atoms with Gasteiger partial charge in [-0.15, -0.1) is 11.3 Å². The molecule has 0 atom stereocenters. The zero-order chi connectivity index (χ0) is 12.8. The topological polar surface area (TPSA) is 56.1 Å². The molecule has 2 aromatic heterocycles. The third-order valence-corrected chi connectivity index (χ3v) is 3.50. The molecule has 6 heteroatoms. The number of fused-ring (bicyclic) bond motifs is 1. The predicted octanol–water partition coefficient (Wildman–Crippen LogP) is 1.08. The minimum atomic E-state index is 0.0416. The molecule has 5 nitrogen and oxygen atoms in total. The van der Waals surface area contributed by atoms with Crippen molar-refractivity contribution in [1.29, 1.82) is 0 Å². The Labute approximate surface area is 109 Å². The van der Waals surface area contributed by atoms with Gasteiger partial charge in [-0.2, -0.15) is 0 Å². The van der Waals surface area contributed by atoms with Crippen LogP contribution in [0, 0.1) is 0 Å². The molecule has 0 aliphatic carbocycles. The molecular weight excluding hydrogens is 250 g/mol. The molecule has 0 saturated carbocycles. The van der Waals surface area contributed by atoms with Crippen LogP contribution in [0.4, 0.5) is 0 Å². The van der Waals surface area contributed by atoms with Gasteiger partial charge < -0.3 is 10.1 Å². The Hall–Kier alpha value is -1.24. The minimum Gasteiger partial charge on any atom is -0.385 e. The number of hydrogen-bond donors (Lipinski definition) is 1. The maximum absolute atomic E-state index is 12.0. The second-order valence-electron chi connectivity index (χ2n) is 3.98. The summed E-state index contributed by atoms with van der Waals surface area (Å²) < 4.78 is 6.61. The molecule has 0 aliphatic heterocycles. The molecule has 0 fully saturated rings. The lowest BCUT2D eigenvalue weighted by atomic mass is 10.4. The summed E-state index contributed by atoms with van der Waals surface area (Å²) in [7, 11) is 1.70. The summed E-state index contributed by atoms with van der Waals surface area (Å²) in [5.41, 5.74) is 0.0416. The largest absolute Gasteiger partial charge is 0.385 e. The summed E-state index contributed by atoms with van der Waals surface area (Å²) in [4.78, 5) is 17.1. The van der Waals surface area contributed by atoms with Crippen molar-refractivity contribution in [2.24, 2.45) is 0 Å². The van der Waals surface area contributed by atoms with Crippen molar-refractivity contribution in [3.63, 3.8) is 0 Å². The Bertz CT molecular complexity index is 549. The van der Waals surface area contributed by atoms with E-state index in [0.29, 0.717) is 11.9 Å². The molecule has 0 radical (unpaired) electrons. The van der Waals surface area contributed by atoms with Gasteiger partial charge in [-0.1, -0.05) is 0 Å². The molecular formula is C12H17N3O2S.